The van der Waals surface area contributed by atoms with Crippen LogP contribution in [0.15, 0.2) is 36.7 Å². The fraction of sp³-hybridized carbons (Fsp3) is 0.583. The molecule has 3 heteroatoms. The smallest absolute Gasteiger partial charge is 0.159 e. The third-order valence-corrected chi connectivity index (χ3v) is 6.09. The average Bonchev–Trinajstić information content (AvgIpc) is 2.72. The molecule has 0 radical (unpaired) electrons. The van der Waals surface area contributed by atoms with Crippen molar-refractivity contribution >= 4 is 0 Å². The molecule has 1 aliphatic carbocycles. The van der Waals surface area contributed by atoms with Gasteiger partial charge in [0.15, 0.2) is 11.6 Å². The largest absolute Gasteiger partial charge is 0.505 e. The summed E-state index contributed by atoms with van der Waals surface area (Å²) >= 11 is 0. The lowest BCUT2D eigenvalue weighted by Crippen LogP contribution is -2.13. The molecule has 0 spiro atoms. The van der Waals surface area contributed by atoms with Gasteiger partial charge in [-0.3, -0.25) is 0 Å². The third kappa shape index (κ3) is 6.05. The van der Waals surface area contributed by atoms with Crippen LogP contribution in [0.1, 0.15) is 89.0 Å². The van der Waals surface area contributed by atoms with Gasteiger partial charge in [-0.25, -0.2) is 9.97 Å². The van der Waals surface area contributed by atoms with Crippen LogP contribution in [0.3, 0.4) is 0 Å². The highest BCUT2D eigenvalue weighted by Gasteiger charge is 2.22. The normalized spacial score (nSPS) is 19.9. The van der Waals surface area contributed by atoms with Crippen LogP contribution in [0.4, 0.5) is 0 Å². The van der Waals surface area contributed by atoms with E-state index in [9.17, 15) is 5.11 Å². The first-order valence-electron chi connectivity index (χ1n) is 10.9. The molecule has 1 saturated carbocycles. The Balaban J connectivity index is 1.42. The highest BCUT2D eigenvalue weighted by atomic mass is 16.3. The van der Waals surface area contributed by atoms with Crippen molar-refractivity contribution in [1.82, 2.24) is 9.97 Å². The Bertz CT molecular complexity index is 658. The number of aromatic nitrogens is 2. The summed E-state index contributed by atoms with van der Waals surface area (Å²) < 4.78 is 0. The monoisotopic (exact) mass is 366 g/mol. The minimum absolute atomic E-state index is 0.105. The van der Waals surface area contributed by atoms with Crippen molar-refractivity contribution in [3.8, 4) is 17.1 Å². The highest BCUT2D eigenvalue weighted by molar-refractivity contribution is 5.55. The summed E-state index contributed by atoms with van der Waals surface area (Å²) in [6.07, 6.45) is 18.2. The van der Waals surface area contributed by atoms with Gasteiger partial charge in [-0.15, -0.1) is 0 Å². The average molecular weight is 367 g/mol. The predicted octanol–water partition coefficient (Wildman–Crippen LogP) is 6.87. The van der Waals surface area contributed by atoms with E-state index < -0.39 is 0 Å². The summed E-state index contributed by atoms with van der Waals surface area (Å²) in [6, 6.07) is 8.71. The standard InChI is InChI=1S/C24H34N2O/c1-2-3-4-5-6-7-8-19-9-11-20(12-10-19)21-13-15-22(16-14-21)24-25-17-23(27)18-26-24/h13-20,27H,2-12H2,1H3/t19-,20-. The predicted molar refractivity (Wildman–Crippen MR) is 112 cm³/mol. The second-order valence-corrected chi connectivity index (χ2v) is 8.16. The molecule has 0 atom stereocenters. The lowest BCUT2D eigenvalue weighted by Gasteiger charge is -2.29. The third-order valence-electron chi connectivity index (χ3n) is 6.09. The molecule has 0 bridgehead atoms. The molecule has 146 valence electrons. The second kappa shape index (κ2) is 10.4. The Labute approximate surface area is 164 Å². The molecule has 0 amide bonds. The van der Waals surface area contributed by atoms with E-state index in [0.29, 0.717) is 11.7 Å². The van der Waals surface area contributed by atoms with E-state index in [4.69, 9.17) is 0 Å². The van der Waals surface area contributed by atoms with Crippen molar-refractivity contribution in [2.45, 2.75) is 83.5 Å². The van der Waals surface area contributed by atoms with Crippen LogP contribution < -0.4 is 0 Å². The van der Waals surface area contributed by atoms with Gasteiger partial charge in [0.2, 0.25) is 0 Å². The van der Waals surface area contributed by atoms with Crippen LogP contribution in [-0.4, -0.2) is 15.1 Å². The van der Waals surface area contributed by atoms with Crippen LogP contribution in [0.5, 0.6) is 5.75 Å². The molecule has 27 heavy (non-hydrogen) atoms. The highest BCUT2D eigenvalue weighted by Crippen LogP contribution is 2.38. The second-order valence-electron chi connectivity index (χ2n) is 8.16. The zero-order chi connectivity index (χ0) is 18.9. The lowest BCUT2D eigenvalue weighted by molar-refractivity contribution is 0.302. The van der Waals surface area contributed by atoms with Crippen molar-refractivity contribution in [3.05, 3.63) is 42.2 Å². The van der Waals surface area contributed by atoms with Crippen molar-refractivity contribution in [3.63, 3.8) is 0 Å². The quantitative estimate of drug-likeness (QED) is 0.492. The number of benzene rings is 1. The SMILES string of the molecule is CCCCCCCC[C@H]1CC[C@H](c2ccc(-c3ncc(O)cn3)cc2)CC1. The first-order chi connectivity index (χ1) is 13.3. The molecule has 1 fully saturated rings. The summed E-state index contributed by atoms with van der Waals surface area (Å²) in [5, 5.41) is 9.32. The van der Waals surface area contributed by atoms with E-state index in [2.05, 4.69) is 41.2 Å². The molecule has 1 aromatic carbocycles. The molecule has 1 N–H and O–H groups in total. The number of rotatable bonds is 9. The topological polar surface area (TPSA) is 46.0 Å². The van der Waals surface area contributed by atoms with Crippen molar-refractivity contribution < 1.29 is 5.11 Å². The Morgan fingerprint density at radius 1 is 0.852 bits per heavy atom. The van der Waals surface area contributed by atoms with Crippen molar-refractivity contribution in [2.75, 3.05) is 0 Å². The van der Waals surface area contributed by atoms with Gasteiger partial charge < -0.3 is 5.11 Å². The minimum atomic E-state index is 0.105. The minimum Gasteiger partial charge on any atom is -0.505 e. The van der Waals surface area contributed by atoms with Crippen LogP contribution >= 0.6 is 0 Å². The number of unbranched alkanes of at least 4 members (excludes halogenated alkanes) is 5. The molecule has 0 saturated heterocycles. The van der Waals surface area contributed by atoms with Gasteiger partial charge in [-0.1, -0.05) is 76.1 Å². The molecule has 1 heterocycles. The van der Waals surface area contributed by atoms with Gasteiger partial charge in [-0.05, 0) is 43.1 Å². The molecule has 2 aromatic rings. The van der Waals surface area contributed by atoms with Gasteiger partial charge in [0.1, 0.15) is 0 Å². The summed E-state index contributed by atoms with van der Waals surface area (Å²) in [6.45, 7) is 2.28. The number of hydrogen-bond donors (Lipinski definition) is 1. The van der Waals surface area contributed by atoms with Crippen LogP contribution in [0, 0.1) is 5.92 Å². The molecule has 0 unspecified atom stereocenters. The van der Waals surface area contributed by atoms with Crippen molar-refractivity contribution in [2.24, 2.45) is 5.92 Å². The van der Waals surface area contributed by atoms with Gasteiger partial charge in [-0.2, -0.15) is 0 Å². The van der Waals surface area contributed by atoms with E-state index in [0.717, 1.165) is 11.5 Å². The first kappa shape index (κ1) is 19.9. The van der Waals surface area contributed by atoms with Gasteiger partial charge in [0.25, 0.3) is 0 Å². The lowest BCUT2D eigenvalue weighted by atomic mass is 9.77. The van der Waals surface area contributed by atoms with Crippen LogP contribution in [0.25, 0.3) is 11.4 Å². The fourth-order valence-corrected chi connectivity index (χ4v) is 4.37. The molecule has 1 aliphatic rings. The Kier molecular flexibility index (Phi) is 7.67. The molecule has 1 aromatic heterocycles. The zero-order valence-electron chi connectivity index (χ0n) is 16.7. The van der Waals surface area contributed by atoms with E-state index >= 15 is 0 Å². The number of aromatic hydroxyl groups is 1. The molecular weight excluding hydrogens is 332 g/mol. The van der Waals surface area contributed by atoms with Gasteiger partial charge >= 0.3 is 0 Å². The Morgan fingerprint density at radius 3 is 2.15 bits per heavy atom. The van der Waals surface area contributed by atoms with Gasteiger partial charge in [0, 0.05) is 5.56 Å². The maximum atomic E-state index is 9.32. The summed E-state index contributed by atoms with van der Waals surface area (Å²) in [5.74, 6) is 2.44. The molecule has 0 aliphatic heterocycles. The number of hydrogen-bond acceptors (Lipinski definition) is 3. The summed E-state index contributed by atoms with van der Waals surface area (Å²) in [7, 11) is 0. The van der Waals surface area contributed by atoms with E-state index in [1.54, 1.807) is 0 Å². The van der Waals surface area contributed by atoms with E-state index in [1.807, 2.05) is 0 Å². The summed E-state index contributed by atoms with van der Waals surface area (Å²) in [4.78, 5) is 8.38. The maximum absolute atomic E-state index is 9.32. The van der Waals surface area contributed by atoms with Crippen LogP contribution in [-0.2, 0) is 0 Å². The molecular formula is C24H34N2O. The molecule has 3 rings (SSSR count). The van der Waals surface area contributed by atoms with E-state index in [-0.39, 0.29) is 5.75 Å². The zero-order valence-corrected chi connectivity index (χ0v) is 16.7. The summed E-state index contributed by atoms with van der Waals surface area (Å²) in [5.41, 5.74) is 2.46. The van der Waals surface area contributed by atoms with Gasteiger partial charge in [0.05, 0.1) is 12.4 Å². The van der Waals surface area contributed by atoms with Crippen LogP contribution in [0.2, 0.25) is 0 Å². The van der Waals surface area contributed by atoms with Crippen molar-refractivity contribution in [1.29, 1.82) is 0 Å². The Hall–Kier alpha value is -1.90. The molecule has 3 nitrogen and oxygen atoms in total. The Morgan fingerprint density at radius 2 is 1.48 bits per heavy atom. The number of nitrogens with zero attached hydrogens (tertiary/aromatic N) is 2. The first-order valence-corrected chi connectivity index (χ1v) is 10.9. The maximum Gasteiger partial charge on any atom is 0.159 e. The van der Waals surface area contributed by atoms with E-state index in [1.165, 1.54) is 88.6 Å². The fourth-order valence-electron chi connectivity index (χ4n) is 4.37.